The van der Waals surface area contributed by atoms with Crippen molar-refractivity contribution in [1.82, 2.24) is 20.9 Å². The molecule has 20 heavy (non-hydrogen) atoms. The molecule has 1 aliphatic heterocycles. The number of rotatable bonds is 4. The molecule has 1 saturated heterocycles. The maximum absolute atomic E-state index is 11.9. The van der Waals surface area contributed by atoms with E-state index >= 15 is 0 Å². The summed E-state index contributed by atoms with van der Waals surface area (Å²) < 4.78 is 0. The number of nitrogens with one attached hydrogen (secondary N) is 3. The van der Waals surface area contributed by atoms with E-state index in [1.807, 2.05) is 27.7 Å². The summed E-state index contributed by atoms with van der Waals surface area (Å²) in [7, 11) is 0. The molecule has 0 aromatic carbocycles. The highest BCUT2D eigenvalue weighted by Gasteiger charge is 2.23. The first-order chi connectivity index (χ1) is 9.31. The molecule has 0 bridgehead atoms. The van der Waals surface area contributed by atoms with Gasteiger partial charge in [0, 0.05) is 11.6 Å². The first-order valence-electron chi connectivity index (χ1n) is 7.38. The molecule has 1 fully saturated rings. The zero-order valence-electron chi connectivity index (χ0n) is 13.1. The maximum Gasteiger partial charge on any atom is 0.321 e. The smallest absolute Gasteiger partial charge is 0.321 e. The Morgan fingerprint density at radius 2 is 1.85 bits per heavy atom. The Bertz CT molecular complexity index is 333. The molecule has 0 aromatic rings. The van der Waals surface area contributed by atoms with E-state index in [0.717, 1.165) is 32.5 Å². The van der Waals surface area contributed by atoms with Crippen LogP contribution in [0.1, 0.15) is 40.5 Å². The van der Waals surface area contributed by atoms with E-state index in [0.29, 0.717) is 6.04 Å². The van der Waals surface area contributed by atoms with Gasteiger partial charge >= 0.3 is 6.03 Å². The molecule has 0 radical (unpaired) electrons. The lowest BCUT2D eigenvalue weighted by Crippen LogP contribution is -2.52. The van der Waals surface area contributed by atoms with Crippen LogP contribution in [0.25, 0.3) is 0 Å². The summed E-state index contributed by atoms with van der Waals surface area (Å²) in [6.45, 7) is 10.8. The second-order valence-corrected chi connectivity index (χ2v) is 6.30. The average molecular weight is 284 g/mol. The summed E-state index contributed by atoms with van der Waals surface area (Å²) in [6, 6.07) is 0.00143. The third-order valence-corrected chi connectivity index (χ3v) is 3.32. The molecular weight excluding hydrogens is 256 g/mol. The van der Waals surface area contributed by atoms with Crippen molar-refractivity contribution in [3.05, 3.63) is 0 Å². The summed E-state index contributed by atoms with van der Waals surface area (Å²) in [5.41, 5.74) is -0.343. The van der Waals surface area contributed by atoms with Crippen LogP contribution in [-0.4, -0.2) is 54.6 Å². The molecule has 0 saturated carbocycles. The molecule has 6 nitrogen and oxygen atoms in total. The lowest BCUT2D eigenvalue weighted by Gasteiger charge is -2.33. The van der Waals surface area contributed by atoms with Crippen molar-refractivity contribution in [3.63, 3.8) is 0 Å². The van der Waals surface area contributed by atoms with Gasteiger partial charge in [0.25, 0.3) is 0 Å². The van der Waals surface area contributed by atoms with Crippen LogP contribution in [0.5, 0.6) is 0 Å². The highest BCUT2D eigenvalue weighted by atomic mass is 16.2. The Balaban J connectivity index is 2.40. The molecule has 1 heterocycles. The second kappa shape index (κ2) is 7.59. The van der Waals surface area contributed by atoms with Crippen LogP contribution < -0.4 is 16.0 Å². The number of hydrogen-bond acceptors (Lipinski definition) is 4. The number of nitrogens with zero attached hydrogens (tertiary/aromatic N) is 1. The van der Waals surface area contributed by atoms with Crippen molar-refractivity contribution in [1.29, 1.82) is 0 Å². The van der Waals surface area contributed by atoms with Crippen LogP contribution in [0.4, 0.5) is 4.79 Å². The van der Waals surface area contributed by atoms with Gasteiger partial charge < -0.3 is 10.6 Å². The Morgan fingerprint density at radius 1 is 1.25 bits per heavy atom. The number of carbonyl (C=O) groups excluding carboxylic acids is 2. The largest absolute Gasteiger partial charge is 0.333 e. The third-order valence-electron chi connectivity index (χ3n) is 3.32. The average Bonchev–Trinajstić information content (AvgIpc) is 2.34. The summed E-state index contributed by atoms with van der Waals surface area (Å²) in [5, 5.41) is 8.43. The molecule has 0 unspecified atom stereocenters. The minimum Gasteiger partial charge on any atom is -0.333 e. The lowest BCUT2D eigenvalue weighted by atomic mass is 10.0. The maximum atomic E-state index is 11.9. The topological polar surface area (TPSA) is 73.5 Å². The second-order valence-electron chi connectivity index (χ2n) is 6.30. The number of amides is 3. The zero-order valence-corrected chi connectivity index (χ0v) is 13.1. The fraction of sp³-hybridized carbons (Fsp3) is 0.857. The van der Waals surface area contributed by atoms with Crippen LogP contribution in [0.15, 0.2) is 0 Å². The SMILES string of the molecule is CCN(CC(=O)NC(=O)NC(C)(C)C)C1CCNCC1. The van der Waals surface area contributed by atoms with Crippen LogP contribution >= 0.6 is 0 Å². The van der Waals surface area contributed by atoms with E-state index in [-0.39, 0.29) is 18.0 Å². The number of likely N-dealkylation sites (N-methyl/N-ethyl adjacent to an activating group) is 1. The molecule has 3 amide bonds. The van der Waals surface area contributed by atoms with Gasteiger partial charge in [0.05, 0.1) is 6.54 Å². The van der Waals surface area contributed by atoms with Crippen molar-refractivity contribution >= 4 is 11.9 Å². The van der Waals surface area contributed by atoms with Crippen LogP contribution in [0, 0.1) is 0 Å². The number of urea groups is 1. The minimum absolute atomic E-state index is 0.243. The summed E-state index contributed by atoms with van der Waals surface area (Å²) in [5.74, 6) is -0.243. The van der Waals surface area contributed by atoms with Crippen LogP contribution in [0.3, 0.4) is 0 Å². The van der Waals surface area contributed by atoms with Gasteiger partial charge in [-0.3, -0.25) is 15.0 Å². The third kappa shape index (κ3) is 6.34. The Hall–Kier alpha value is -1.14. The summed E-state index contributed by atoms with van der Waals surface area (Å²) >= 11 is 0. The van der Waals surface area contributed by atoms with Gasteiger partial charge in [-0.15, -0.1) is 0 Å². The number of imide groups is 1. The van der Waals surface area contributed by atoms with E-state index in [1.54, 1.807) is 0 Å². The molecule has 3 N–H and O–H groups in total. The number of hydrogen-bond donors (Lipinski definition) is 3. The molecule has 0 aliphatic carbocycles. The fourth-order valence-corrected chi connectivity index (χ4v) is 2.39. The van der Waals surface area contributed by atoms with Gasteiger partial charge in [-0.25, -0.2) is 4.79 Å². The summed E-state index contributed by atoms with van der Waals surface area (Å²) in [4.78, 5) is 25.7. The molecular formula is C14H28N4O2. The van der Waals surface area contributed by atoms with Gasteiger partial charge in [-0.2, -0.15) is 0 Å². The first kappa shape index (κ1) is 16.9. The van der Waals surface area contributed by atoms with Crippen molar-refractivity contribution in [2.24, 2.45) is 0 Å². The van der Waals surface area contributed by atoms with Crippen molar-refractivity contribution in [2.45, 2.75) is 52.1 Å². The molecule has 0 spiro atoms. The highest BCUT2D eigenvalue weighted by molar-refractivity contribution is 5.95. The number of carbonyl (C=O) groups is 2. The van der Waals surface area contributed by atoms with E-state index < -0.39 is 6.03 Å². The predicted molar refractivity (Wildman–Crippen MR) is 79.6 cm³/mol. The predicted octanol–water partition coefficient (Wildman–Crippen LogP) is 0.685. The van der Waals surface area contributed by atoms with Crippen molar-refractivity contribution in [3.8, 4) is 0 Å². The van der Waals surface area contributed by atoms with Crippen molar-refractivity contribution < 1.29 is 9.59 Å². The Morgan fingerprint density at radius 3 is 2.35 bits per heavy atom. The van der Waals surface area contributed by atoms with E-state index in [1.165, 1.54) is 0 Å². The molecule has 0 aromatic heterocycles. The van der Waals surface area contributed by atoms with Gasteiger partial charge in [0.2, 0.25) is 5.91 Å². The zero-order chi connectivity index (χ0) is 15.2. The van der Waals surface area contributed by atoms with E-state index in [2.05, 4.69) is 20.9 Å². The highest BCUT2D eigenvalue weighted by Crippen LogP contribution is 2.10. The monoisotopic (exact) mass is 284 g/mol. The van der Waals surface area contributed by atoms with Gasteiger partial charge in [0.1, 0.15) is 0 Å². The Kier molecular flexibility index (Phi) is 6.42. The van der Waals surface area contributed by atoms with Crippen LogP contribution in [0.2, 0.25) is 0 Å². The standard InChI is InChI=1S/C14H28N4O2/c1-5-18(11-6-8-15-9-7-11)10-12(19)16-13(20)17-14(2,3)4/h11,15H,5-10H2,1-4H3,(H2,16,17,19,20). The van der Waals surface area contributed by atoms with Crippen molar-refractivity contribution in [2.75, 3.05) is 26.2 Å². The molecule has 116 valence electrons. The van der Waals surface area contributed by atoms with Gasteiger partial charge in [-0.1, -0.05) is 6.92 Å². The summed E-state index contributed by atoms with van der Waals surface area (Å²) in [6.07, 6.45) is 2.10. The lowest BCUT2D eigenvalue weighted by molar-refractivity contribution is -0.121. The molecule has 0 atom stereocenters. The quantitative estimate of drug-likeness (QED) is 0.710. The van der Waals surface area contributed by atoms with Crippen LogP contribution in [-0.2, 0) is 4.79 Å². The molecule has 1 rings (SSSR count). The van der Waals surface area contributed by atoms with Gasteiger partial charge in [-0.05, 0) is 53.2 Å². The first-order valence-corrected chi connectivity index (χ1v) is 7.38. The normalized spacial score (nSPS) is 17.1. The Labute approximate surface area is 121 Å². The number of piperidine rings is 1. The minimum atomic E-state index is -0.427. The molecule has 1 aliphatic rings. The van der Waals surface area contributed by atoms with E-state index in [9.17, 15) is 9.59 Å². The fourth-order valence-electron chi connectivity index (χ4n) is 2.39. The molecule has 6 heteroatoms. The van der Waals surface area contributed by atoms with E-state index in [4.69, 9.17) is 0 Å². The van der Waals surface area contributed by atoms with Gasteiger partial charge in [0.15, 0.2) is 0 Å².